The van der Waals surface area contributed by atoms with Gasteiger partial charge in [0.2, 0.25) is 5.82 Å². The minimum absolute atomic E-state index is 0.265. The van der Waals surface area contributed by atoms with Crippen molar-refractivity contribution in [1.82, 2.24) is 9.66 Å². The van der Waals surface area contributed by atoms with E-state index in [0.717, 1.165) is 16.5 Å². The predicted octanol–water partition coefficient (Wildman–Crippen LogP) is 8.00. The number of benzene rings is 4. The van der Waals surface area contributed by atoms with Crippen LogP contribution in [-0.4, -0.2) is 23.0 Å². The molecule has 0 fully saturated rings. The summed E-state index contributed by atoms with van der Waals surface area (Å²) in [4.78, 5) is 18.3. The number of fused-ring (bicyclic) bond motifs is 2. The lowest BCUT2D eigenvalue weighted by Gasteiger charge is -2.14. The number of furan rings is 1. The molecule has 2 heterocycles. The molecule has 0 aliphatic rings. The van der Waals surface area contributed by atoms with E-state index in [0.29, 0.717) is 55.4 Å². The fourth-order valence-electron chi connectivity index (χ4n) is 4.55. The van der Waals surface area contributed by atoms with Gasteiger partial charge in [-0.3, -0.25) is 4.79 Å². The molecule has 0 spiro atoms. The van der Waals surface area contributed by atoms with Gasteiger partial charge in [-0.2, -0.15) is 9.78 Å². The van der Waals surface area contributed by atoms with Crippen molar-refractivity contribution in [2.24, 2.45) is 5.10 Å². The third kappa shape index (κ3) is 5.49. The van der Waals surface area contributed by atoms with Gasteiger partial charge >= 0.3 is 0 Å². The lowest BCUT2D eigenvalue weighted by Crippen LogP contribution is -2.20. The maximum absolute atomic E-state index is 13.6. The molecule has 0 radical (unpaired) electrons. The fourth-order valence-corrected chi connectivity index (χ4v) is 5.31. The van der Waals surface area contributed by atoms with Crippen molar-refractivity contribution >= 4 is 55.6 Å². The SMILES string of the molecule is COc1cc(C=Nn2c(-c3cc4cc(Cl)ccc4o3)nc3ccccc3c2=O)cc(Br)c1OCc1cccc(C)c1. The topological polar surface area (TPSA) is 78.9 Å². The molecular formula is C32H23BrClN3O4. The number of ether oxygens (including phenoxy) is 2. The standard InChI is InChI=1S/C32H23BrClN3O4/c1-19-6-5-7-20(12-19)18-40-30-25(33)13-21(14-28(30)39-2)17-35-37-31(36-26-9-4-3-8-24(26)32(37)38)29-16-22-15-23(34)10-11-27(22)41-29/h3-17H,18H2,1-2H3. The van der Waals surface area contributed by atoms with Crippen LogP contribution in [0.2, 0.25) is 5.02 Å². The Labute approximate surface area is 248 Å². The Morgan fingerprint density at radius 1 is 1.05 bits per heavy atom. The maximum Gasteiger partial charge on any atom is 0.282 e. The van der Waals surface area contributed by atoms with Gasteiger partial charge in [0.15, 0.2) is 17.3 Å². The maximum atomic E-state index is 13.6. The van der Waals surface area contributed by atoms with Crippen molar-refractivity contribution < 1.29 is 13.9 Å². The van der Waals surface area contributed by atoms with Gasteiger partial charge in [-0.15, -0.1) is 0 Å². The van der Waals surface area contributed by atoms with Crippen LogP contribution in [0.15, 0.2) is 104 Å². The van der Waals surface area contributed by atoms with Gasteiger partial charge in [-0.05, 0) is 82.5 Å². The summed E-state index contributed by atoms with van der Waals surface area (Å²) < 4.78 is 19.7. The van der Waals surface area contributed by atoms with Gasteiger partial charge in [0, 0.05) is 10.4 Å². The molecule has 6 rings (SSSR count). The molecule has 0 bridgehead atoms. The number of methoxy groups -OCH3 is 1. The first-order chi connectivity index (χ1) is 19.9. The van der Waals surface area contributed by atoms with Crippen molar-refractivity contribution in [2.45, 2.75) is 13.5 Å². The van der Waals surface area contributed by atoms with E-state index in [1.165, 1.54) is 4.68 Å². The second kappa shape index (κ2) is 11.2. The molecule has 4 aromatic carbocycles. The van der Waals surface area contributed by atoms with Gasteiger partial charge in [0.1, 0.15) is 12.2 Å². The van der Waals surface area contributed by atoms with Crippen molar-refractivity contribution in [3.8, 4) is 23.1 Å². The van der Waals surface area contributed by atoms with Gasteiger partial charge in [-0.1, -0.05) is 53.6 Å². The van der Waals surface area contributed by atoms with Crippen LogP contribution in [0.5, 0.6) is 11.5 Å². The Morgan fingerprint density at radius 2 is 1.90 bits per heavy atom. The number of aryl methyl sites for hydroxylation is 1. The number of rotatable bonds is 7. The van der Waals surface area contributed by atoms with Crippen molar-refractivity contribution in [3.05, 3.63) is 121 Å². The summed E-state index contributed by atoms with van der Waals surface area (Å²) in [5.41, 5.74) is 3.72. The minimum Gasteiger partial charge on any atom is -0.493 e. The van der Waals surface area contributed by atoms with Gasteiger partial charge in [0.25, 0.3) is 5.56 Å². The Balaban J connectivity index is 1.40. The van der Waals surface area contributed by atoms with Crippen LogP contribution >= 0.6 is 27.5 Å². The summed E-state index contributed by atoms with van der Waals surface area (Å²) in [6, 6.07) is 26.0. The molecule has 0 N–H and O–H groups in total. The highest BCUT2D eigenvalue weighted by Crippen LogP contribution is 2.37. The van der Waals surface area contributed by atoms with E-state index in [1.54, 1.807) is 61.9 Å². The zero-order valence-corrected chi connectivity index (χ0v) is 24.4. The zero-order chi connectivity index (χ0) is 28.5. The largest absolute Gasteiger partial charge is 0.493 e. The van der Waals surface area contributed by atoms with E-state index < -0.39 is 0 Å². The number of halogens is 2. The summed E-state index contributed by atoms with van der Waals surface area (Å²) in [5, 5.41) is 6.36. The van der Waals surface area contributed by atoms with Gasteiger partial charge < -0.3 is 13.9 Å². The van der Waals surface area contributed by atoms with Crippen molar-refractivity contribution in [3.63, 3.8) is 0 Å². The summed E-state index contributed by atoms with van der Waals surface area (Å²) in [5.74, 6) is 1.74. The lowest BCUT2D eigenvalue weighted by molar-refractivity contribution is 0.282. The first-order valence-electron chi connectivity index (χ1n) is 12.7. The summed E-state index contributed by atoms with van der Waals surface area (Å²) in [7, 11) is 1.58. The monoisotopic (exact) mass is 627 g/mol. The van der Waals surface area contributed by atoms with Crippen molar-refractivity contribution in [1.29, 1.82) is 0 Å². The molecule has 0 saturated heterocycles. The predicted molar refractivity (Wildman–Crippen MR) is 165 cm³/mol. The third-order valence-corrected chi connectivity index (χ3v) is 7.32. The molecule has 7 nitrogen and oxygen atoms in total. The number of hydrogen-bond acceptors (Lipinski definition) is 6. The highest BCUT2D eigenvalue weighted by atomic mass is 79.9. The summed E-state index contributed by atoms with van der Waals surface area (Å²) in [6.07, 6.45) is 1.57. The first-order valence-corrected chi connectivity index (χ1v) is 13.9. The Bertz CT molecular complexity index is 2020. The minimum atomic E-state index is -0.329. The number of aromatic nitrogens is 2. The molecule has 6 aromatic rings. The average molecular weight is 629 g/mol. The van der Waals surface area contributed by atoms with E-state index in [2.05, 4.69) is 27.1 Å². The van der Waals surface area contributed by atoms with Crippen LogP contribution in [-0.2, 0) is 6.61 Å². The highest BCUT2D eigenvalue weighted by molar-refractivity contribution is 9.10. The quantitative estimate of drug-likeness (QED) is 0.167. The Kier molecular flexibility index (Phi) is 7.34. The second-order valence-corrected chi connectivity index (χ2v) is 10.7. The van der Waals surface area contributed by atoms with Crippen LogP contribution in [0.1, 0.15) is 16.7 Å². The first kappa shape index (κ1) is 26.8. The Morgan fingerprint density at radius 3 is 2.73 bits per heavy atom. The Hall–Kier alpha value is -4.40. The molecule has 9 heteroatoms. The summed E-state index contributed by atoms with van der Waals surface area (Å²) in [6.45, 7) is 2.42. The van der Waals surface area contributed by atoms with E-state index in [9.17, 15) is 4.79 Å². The van der Waals surface area contributed by atoms with E-state index in [4.69, 9.17) is 30.5 Å². The van der Waals surface area contributed by atoms with E-state index in [-0.39, 0.29) is 11.4 Å². The molecule has 204 valence electrons. The molecule has 0 amide bonds. The van der Waals surface area contributed by atoms with E-state index in [1.807, 2.05) is 37.3 Å². The van der Waals surface area contributed by atoms with Crippen LogP contribution < -0.4 is 15.0 Å². The van der Waals surface area contributed by atoms with Gasteiger partial charge in [-0.25, -0.2) is 4.98 Å². The molecule has 2 aromatic heterocycles. The average Bonchev–Trinajstić information content (AvgIpc) is 3.39. The highest BCUT2D eigenvalue weighted by Gasteiger charge is 2.17. The molecule has 0 aliphatic carbocycles. The smallest absolute Gasteiger partial charge is 0.282 e. The van der Waals surface area contributed by atoms with Crippen LogP contribution in [0.25, 0.3) is 33.5 Å². The van der Waals surface area contributed by atoms with Crippen molar-refractivity contribution in [2.75, 3.05) is 7.11 Å². The van der Waals surface area contributed by atoms with E-state index >= 15 is 0 Å². The molecular weight excluding hydrogens is 606 g/mol. The van der Waals surface area contributed by atoms with Crippen LogP contribution in [0, 0.1) is 6.92 Å². The zero-order valence-electron chi connectivity index (χ0n) is 22.1. The van der Waals surface area contributed by atoms with Crippen LogP contribution in [0.4, 0.5) is 0 Å². The normalized spacial score (nSPS) is 11.5. The molecule has 0 saturated carbocycles. The number of nitrogens with zero attached hydrogens (tertiary/aromatic N) is 3. The van der Waals surface area contributed by atoms with Crippen LogP contribution in [0.3, 0.4) is 0 Å². The molecule has 0 aliphatic heterocycles. The number of para-hydroxylation sites is 1. The molecule has 41 heavy (non-hydrogen) atoms. The third-order valence-electron chi connectivity index (χ3n) is 6.49. The van der Waals surface area contributed by atoms with Gasteiger partial charge in [0.05, 0.1) is 28.7 Å². The lowest BCUT2D eigenvalue weighted by atomic mass is 10.1. The summed E-state index contributed by atoms with van der Waals surface area (Å²) >= 11 is 9.78. The molecule has 0 atom stereocenters. The number of hydrogen-bond donors (Lipinski definition) is 0. The fraction of sp³-hybridized carbons (Fsp3) is 0.0938. The second-order valence-electron chi connectivity index (χ2n) is 9.42. The molecule has 0 unspecified atom stereocenters.